The molecule has 0 unspecified atom stereocenters. The summed E-state index contributed by atoms with van der Waals surface area (Å²) in [6.07, 6.45) is 9.86. The molecule has 0 radical (unpaired) electrons. The Morgan fingerprint density at radius 1 is 1.12 bits per heavy atom. The fourth-order valence-electron chi connectivity index (χ4n) is 2.60. The molecule has 0 N–H and O–H groups in total. The van der Waals surface area contributed by atoms with Gasteiger partial charge in [0.2, 0.25) is 0 Å². The molecule has 0 spiro atoms. The van der Waals surface area contributed by atoms with Crippen LogP contribution in [-0.4, -0.2) is 21.0 Å². The van der Waals surface area contributed by atoms with Gasteiger partial charge in [0.25, 0.3) is 0 Å². The fourth-order valence-corrected chi connectivity index (χ4v) is 4.96. The Morgan fingerprint density at radius 2 is 1.83 bits per heavy atom. The molecule has 24 heavy (non-hydrogen) atoms. The van der Waals surface area contributed by atoms with Crippen LogP contribution >= 0.6 is 0 Å². The summed E-state index contributed by atoms with van der Waals surface area (Å²) in [6, 6.07) is 18.9. The minimum Gasteiger partial charge on any atom is -1.00 e. The molecule has 0 amide bonds. The van der Waals surface area contributed by atoms with Crippen molar-refractivity contribution < 1.29 is 21.5 Å². The van der Waals surface area contributed by atoms with Gasteiger partial charge in [-0.25, -0.2) is 0 Å². The van der Waals surface area contributed by atoms with Crippen LogP contribution in [0.4, 0.5) is 5.69 Å². The van der Waals surface area contributed by atoms with Gasteiger partial charge in [0.05, 0.1) is 0 Å². The predicted octanol–water partition coefficient (Wildman–Crippen LogP) is 0.319. The van der Waals surface area contributed by atoms with Crippen molar-refractivity contribution in [3.8, 4) is 12.3 Å². The van der Waals surface area contributed by atoms with Crippen molar-refractivity contribution in [2.45, 2.75) is 13.5 Å². The summed E-state index contributed by atoms with van der Waals surface area (Å²) in [5, 5.41) is 0. The second kappa shape index (κ2) is 8.89. The molecule has 1 heterocycles. The minimum absolute atomic E-state index is 0. The summed E-state index contributed by atoms with van der Waals surface area (Å²) >= 11 is 0.349. The first-order chi connectivity index (χ1) is 11.3. The number of anilines is 1. The van der Waals surface area contributed by atoms with Gasteiger partial charge in [-0.2, -0.15) is 0 Å². The smallest absolute Gasteiger partial charge is 1.00 e. The molecule has 0 aliphatic carbocycles. The number of nitrogens with zero attached hydrogens (tertiary/aromatic N) is 2. The van der Waals surface area contributed by atoms with E-state index < -0.39 is 0 Å². The topological polar surface area (TPSA) is 7.12 Å². The van der Waals surface area contributed by atoms with Crippen LogP contribution in [0.2, 0.25) is 0 Å². The van der Waals surface area contributed by atoms with E-state index in [4.69, 9.17) is 6.42 Å². The van der Waals surface area contributed by atoms with Crippen LogP contribution in [0.1, 0.15) is 11.5 Å². The van der Waals surface area contributed by atoms with Gasteiger partial charge in [0.15, 0.2) is 0 Å². The molecule has 2 aromatic carbocycles. The molecule has 0 saturated carbocycles. The van der Waals surface area contributed by atoms with Crippen LogP contribution < -0.4 is 26.4 Å². The largest absolute Gasteiger partial charge is 1.00 e. The number of terminal acetylenes is 1. The van der Waals surface area contributed by atoms with Gasteiger partial charge < -0.3 is 17.0 Å². The molecule has 122 valence electrons. The number of fused-ring (bicyclic) bond motifs is 1. The maximum absolute atomic E-state index is 5.53. The summed E-state index contributed by atoms with van der Waals surface area (Å²) < 4.78 is 5.22. The zero-order valence-electron chi connectivity index (χ0n) is 13.5. The van der Waals surface area contributed by atoms with Crippen molar-refractivity contribution in [1.29, 1.82) is 0 Å². The van der Waals surface area contributed by atoms with Crippen LogP contribution in [-0.2, 0) is 6.54 Å². The molecule has 0 atom stereocenters. The van der Waals surface area contributed by atoms with Crippen LogP contribution in [0.15, 0.2) is 60.8 Å². The quantitative estimate of drug-likeness (QED) is 0.311. The normalized spacial score (nSPS) is 10.5. The van der Waals surface area contributed by atoms with Crippen molar-refractivity contribution in [2.75, 3.05) is 11.4 Å². The van der Waals surface area contributed by atoms with Crippen molar-refractivity contribution in [3.63, 3.8) is 0 Å². The fraction of sp³-hybridized carbons (Fsp3) is 0.150. The van der Waals surface area contributed by atoms with Crippen molar-refractivity contribution in [3.05, 3.63) is 65.4 Å². The van der Waals surface area contributed by atoms with E-state index in [9.17, 15) is 0 Å². The zero-order chi connectivity index (χ0) is 16.1. The Hall–Kier alpha value is -1.79. The summed E-state index contributed by atoms with van der Waals surface area (Å²) in [4.78, 5) is 2.11. The summed E-state index contributed by atoms with van der Waals surface area (Å²) in [5.74, 6) is 2.74. The monoisotopic (exact) mass is 446 g/mol. The van der Waals surface area contributed by atoms with E-state index in [2.05, 4.69) is 71.0 Å². The number of rotatable bonds is 5. The molecule has 3 rings (SSSR count). The average Bonchev–Trinajstić information content (AvgIpc) is 2.96. The summed E-state index contributed by atoms with van der Waals surface area (Å²) in [7, 11) is 0. The third-order valence-corrected chi connectivity index (χ3v) is 6.07. The summed E-state index contributed by atoms with van der Waals surface area (Å²) in [6.45, 7) is 3.75. The Morgan fingerprint density at radius 3 is 2.54 bits per heavy atom. The van der Waals surface area contributed by atoms with Crippen molar-refractivity contribution in [2.24, 2.45) is 0 Å². The van der Waals surface area contributed by atoms with E-state index in [0.717, 1.165) is 12.2 Å². The third-order valence-electron chi connectivity index (χ3n) is 3.70. The first kappa shape index (κ1) is 18.5. The van der Waals surface area contributed by atoms with Gasteiger partial charge in [0, 0.05) is 0 Å². The number of para-hydroxylation sites is 2. The number of benzene rings is 2. The first-order valence-corrected chi connectivity index (χ1v) is 9.39. The SMILES string of the molecule is C#CCN(C=Cc1[se]c2ccccc2[n+]1CC)c1ccccc1.[Br-]. The van der Waals surface area contributed by atoms with Crippen LogP contribution in [0.25, 0.3) is 15.9 Å². The first-order valence-electron chi connectivity index (χ1n) is 7.68. The third kappa shape index (κ3) is 3.99. The van der Waals surface area contributed by atoms with E-state index in [1.54, 1.807) is 0 Å². The molecule has 0 fully saturated rings. The molecule has 2 nitrogen and oxygen atoms in total. The van der Waals surface area contributed by atoms with Gasteiger partial charge in [-0.05, 0) is 0 Å². The average molecular weight is 446 g/mol. The Kier molecular flexibility index (Phi) is 6.87. The molecule has 0 aliphatic rings. The number of aryl methyl sites for hydroxylation is 1. The van der Waals surface area contributed by atoms with Crippen molar-refractivity contribution in [1.82, 2.24) is 0 Å². The molecule has 1 aromatic heterocycles. The minimum atomic E-state index is 0. The van der Waals surface area contributed by atoms with E-state index in [-0.39, 0.29) is 17.0 Å². The van der Waals surface area contributed by atoms with E-state index >= 15 is 0 Å². The van der Waals surface area contributed by atoms with Gasteiger partial charge in [-0.3, -0.25) is 0 Å². The zero-order valence-corrected chi connectivity index (χ0v) is 16.8. The molecular formula is C20H19BrN2Se. The molecule has 0 aliphatic heterocycles. The Labute approximate surface area is 159 Å². The summed E-state index contributed by atoms with van der Waals surface area (Å²) in [5.41, 5.74) is 2.46. The molecule has 0 bridgehead atoms. The number of hydrogen-bond acceptors (Lipinski definition) is 1. The standard InChI is InChI=1S/C20H19N2Se.BrH/c1-3-15-21(17-10-6-5-7-11-17)16-14-20-22(4-2)18-12-8-9-13-19(18)23-20;/h1,5-14,16H,4,15H2,2H3;1H/q+1;/p-1. The maximum Gasteiger partial charge on any atom is -1.00 e. The predicted molar refractivity (Wildman–Crippen MR) is 98.4 cm³/mol. The Bertz CT molecular complexity index is 862. The second-order valence-electron chi connectivity index (χ2n) is 5.14. The van der Waals surface area contributed by atoms with Gasteiger partial charge in [-0.15, -0.1) is 0 Å². The van der Waals surface area contributed by atoms with Gasteiger partial charge in [0.1, 0.15) is 0 Å². The van der Waals surface area contributed by atoms with E-state index in [0.29, 0.717) is 21.0 Å². The van der Waals surface area contributed by atoms with Gasteiger partial charge >= 0.3 is 143 Å². The number of aromatic nitrogens is 1. The Balaban J connectivity index is 0.00000208. The van der Waals surface area contributed by atoms with E-state index in [1.165, 1.54) is 14.3 Å². The van der Waals surface area contributed by atoms with Crippen LogP contribution in [0.3, 0.4) is 0 Å². The van der Waals surface area contributed by atoms with Gasteiger partial charge in [-0.1, -0.05) is 0 Å². The second-order valence-corrected chi connectivity index (χ2v) is 7.36. The molecular weight excluding hydrogens is 427 g/mol. The maximum atomic E-state index is 5.53. The van der Waals surface area contributed by atoms with Crippen LogP contribution in [0, 0.1) is 12.3 Å². The van der Waals surface area contributed by atoms with Crippen LogP contribution in [0.5, 0.6) is 0 Å². The number of halogens is 1. The molecule has 4 heteroatoms. The molecule has 3 aromatic rings. The molecule has 0 saturated heterocycles. The van der Waals surface area contributed by atoms with E-state index in [1.807, 2.05) is 18.2 Å². The van der Waals surface area contributed by atoms with Crippen molar-refractivity contribution >= 4 is 36.0 Å². The number of hydrogen-bond donors (Lipinski definition) is 0.